The molecule has 0 amide bonds. The lowest BCUT2D eigenvalue weighted by Gasteiger charge is -2.14. The number of benzene rings is 1. The number of nitrogens with one attached hydrogen (secondary N) is 1. The zero-order chi connectivity index (χ0) is 14.3. The highest BCUT2D eigenvalue weighted by Crippen LogP contribution is 2.17. The lowest BCUT2D eigenvalue weighted by Crippen LogP contribution is -2.22. The second-order valence-corrected chi connectivity index (χ2v) is 4.69. The molecule has 1 aromatic carbocycles. The van der Waals surface area contributed by atoms with Gasteiger partial charge in [0, 0.05) is 17.7 Å². The van der Waals surface area contributed by atoms with Crippen LogP contribution in [0, 0.1) is 0 Å². The maximum atomic E-state index is 11.8. The van der Waals surface area contributed by atoms with E-state index in [0.29, 0.717) is 18.0 Å². The second kappa shape index (κ2) is 7.72. The monoisotopic (exact) mass is 295 g/mol. The van der Waals surface area contributed by atoms with E-state index in [1.165, 1.54) is 0 Å². The van der Waals surface area contributed by atoms with Crippen molar-refractivity contribution in [1.82, 2.24) is 5.32 Å². The Balaban J connectivity index is 2.16. The van der Waals surface area contributed by atoms with Crippen molar-refractivity contribution in [3.8, 4) is 0 Å². The summed E-state index contributed by atoms with van der Waals surface area (Å²) in [5, 5.41) is 3.87. The molecule has 19 heavy (non-hydrogen) atoms. The second-order valence-electron chi connectivity index (χ2n) is 4.25. The Morgan fingerprint density at radius 3 is 2.74 bits per heavy atom. The van der Waals surface area contributed by atoms with Crippen LogP contribution in [-0.2, 0) is 4.74 Å². The first-order valence-corrected chi connectivity index (χ1v) is 6.39. The summed E-state index contributed by atoms with van der Waals surface area (Å²) in [6.45, 7) is 1.47. The Morgan fingerprint density at radius 2 is 2.11 bits per heavy atom. The highest BCUT2D eigenvalue weighted by atomic mass is 35.5. The molecule has 0 saturated carbocycles. The molecule has 0 unspecified atom stereocenters. The number of hydrogen-bond donors (Lipinski definition) is 1. The van der Waals surface area contributed by atoms with Gasteiger partial charge >= 0.3 is 6.18 Å². The fourth-order valence-corrected chi connectivity index (χ4v) is 1.77. The summed E-state index contributed by atoms with van der Waals surface area (Å²) in [5.74, 6) is 0. The van der Waals surface area contributed by atoms with Crippen LogP contribution in [0.15, 0.2) is 24.3 Å². The molecule has 0 fully saturated rings. The van der Waals surface area contributed by atoms with E-state index in [-0.39, 0.29) is 12.6 Å². The van der Waals surface area contributed by atoms with E-state index in [9.17, 15) is 13.2 Å². The van der Waals surface area contributed by atoms with Crippen molar-refractivity contribution in [2.24, 2.45) is 0 Å². The molecule has 6 heteroatoms. The molecule has 0 aromatic heterocycles. The van der Waals surface area contributed by atoms with E-state index in [0.717, 1.165) is 5.56 Å². The zero-order valence-electron chi connectivity index (χ0n) is 10.6. The van der Waals surface area contributed by atoms with Gasteiger partial charge in [-0.1, -0.05) is 23.7 Å². The van der Waals surface area contributed by atoms with Gasteiger partial charge in [0.05, 0.1) is 0 Å². The Labute approximate surface area is 115 Å². The molecule has 1 atom stereocenters. The minimum Gasteiger partial charge on any atom is -0.372 e. The van der Waals surface area contributed by atoms with Gasteiger partial charge in [-0.25, -0.2) is 0 Å². The third kappa shape index (κ3) is 7.40. The molecule has 0 aliphatic rings. The summed E-state index contributed by atoms with van der Waals surface area (Å²) < 4.78 is 39.9. The van der Waals surface area contributed by atoms with Gasteiger partial charge in [-0.3, -0.25) is 0 Å². The molecule has 0 aliphatic carbocycles. The SMILES string of the molecule is C[C@H](NCCCOCC(F)(F)F)c1cccc(Cl)c1. The Morgan fingerprint density at radius 1 is 1.37 bits per heavy atom. The Bertz CT molecular complexity index is 384. The van der Waals surface area contributed by atoms with Gasteiger partial charge in [0.2, 0.25) is 0 Å². The zero-order valence-corrected chi connectivity index (χ0v) is 11.4. The van der Waals surface area contributed by atoms with Gasteiger partial charge in [-0.15, -0.1) is 0 Å². The van der Waals surface area contributed by atoms with Crippen LogP contribution in [0.2, 0.25) is 5.02 Å². The minimum atomic E-state index is -4.25. The van der Waals surface area contributed by atoms with Crippen molar-refractivity contribution in [3.63, 3.8) is 0 Å². The molecule has 0 saturated heterocycles. The van der Waals surface area contributed by atoms with Crippen molar-refractivity contribution in [3.05, 3.63) is 34.9 Å². The molecule has 0 aliphatic heterocycles. The fourth-order valence-electron chi connectivity index (χ4n) is 1.57. The van der Waals surface area contributed by atoms with E-state index < -0.39 is 12.8 Å². The van der Waals surface area contributed by atoms with Gasteiger partial charge < -0.3 is 10.1 Å². The lowest BCUT2D eigenvalue weighted by atomic mass is 10.1. The summed E-state index contributed by atoms with van der Waals surface area (Å²) in [7, 11) is 0. The fraction of sp³-hybridized carbons (Fsp3) is 0.538. The predicted molar refractivity (Wildman–Crippen MR) is 69.4 cm³/mol. The van der Waals surface area contributed by atoms with E-state index in [4.69, 9.17) is 11.6 Å². The standard InChI is InChI=1S/C13H17ClF3NO/c1-10(11-4-2-5-12(14)8-11)18-6-3-7-19-9-13(15,16)17/h2,4-5,8,10,18H,3,6-7,9H2,1H3/t10-/m0/s1. The quantitative estimate of drug-likeness (QED) is 0.769. The molecule has 0 heterocycles. The van der Waals surface area contributed by atoms with Gasteiger partial charge in [-0.2, -0.15) is 13.2 Å². The summed E-state index contributed by atoms with van der Waals surface area (Å²) >= 11 is 5.88. The highest BCUT2D eigenvalue weighted by molar-refractivity contribution is 6.30. The van der Waals surface area contributed by atoms with Crippen LogP contribution in [0.5, 0.6) is 0 Å². The van der Waals surface area contributed by atoms with Crippen LogP contribution in [0.3, 0.4) is 0 Å². The highest BCUT2D eigenvalue weighted by Gasteiger charge is 2.27. The smallest absolute Gasteiger partial charge is 0.372 e. The van der Waals surface area contributed by atoms with Crippen molar-refractivity contribution in [2.75, 3.05) is 19.8 Å². The summed E-state index contributed by atoms with van der Waals surface area (Å²) in [4.78, 5) is 0. The van der Waals surface area contributed by atoms with Crippen LogP contribution >= 0.6 is 11.6 Å². The van der Waals surface area contributed by atoms with Crippen LogP contribution in [0.4, 0.5) is 13.2 Å². The molecule has 1 rings (SSSR count). The molecule has 108 valence electrons. The lowest BCUT2D eigenvalue weighted by molar-refractivity contribution is -0.173. The Hall–Kier alpha value is -0.780. The molecular formula is C13H17ClF3NO. The van der Waals surface area contributed by atoms with Gasteiger partial charge in [-0.05, 0) is 37.6 Å². The molecule has 2 nitrogen and oxygen atoms in total. The van der Waals surface area contributed by atoms with Crippen molar-refractivity contribution >= 4 is 11.6 Å². The minimum absolute atomic E-state index is 0.0920. The number of ether oxygens (including phenoxy) is 1. The van der Waals surface area contributed by atoms with E-state index in [1.54, 1.807) is 6.07 Å². The average molecular weight is 296 g/mol. The van der Waals surface area contributed by atoms with Crippen LogP contribution in [0.25, 0.3) is 0 Å². The first-order chi connectivity index (χ1) is 8.88. The summed E-state index contributed by atoms with van der Waals surface area (Å²) in [6, 6.07) is 7.56. The number of alkyl halides is 3. The Kier molecular flexibility index (Phi) is 6.62. The largest absolute Gasteiger partial charge is 0.411 e. The summed E-state index contributed by atoms with van der Waals surface area (Å²) in [5.41, 5.74) is 1.05. The van der Waals surface area contributed by atoms with Crippen molar-refractivity contribution in [1.29, 1.82) is 0 Å². The molecule has 0 radical (unpaired) electrons. The molecule has 0 spiro atoms. The predicted octanol–water partition coefficient (Wildman–Crippen LogP) is 3.96. The van der Waals surface area contributed by atoms with Crippen LogP contribution < -0.4 is 5.32 Å². The summed E-state index contributed by atoms with van der Waals surface area (Å²) in [6.07, 6.45) is -3.72. The van der Waals surface area contributed by atoms with E-state index >= 15 is 0 Å². The van der Waals surface area contributed by atoms with Gasteiger partial charge in [0.1, 0.15) is 6.61 Å². The number of halogens is 4. The van der Waals surface area contributed by atoms with Crippen LogP contribution in [0.1, 0.15) is 24.9 Å². The normalized spacial score (nSPS) is 13.5. The van der Waals surface area contributed by atoms with E-state index in [1.807, 2.05) is 25.1 Å². The van der Waals surface area contributed by atoms with Crippen molar-refractivity contribution < 1.29 is 17.9 Å². The number of rotatable bonds is 7. The van der Waals surface area contributed by atoms with Gasteiger partial charge in [0.25, 0.3) is 0 Å². The van der Waals surface area contributed by atoms with Crippen molar-refractivity contribution in [2.45, 2.75) is 25.6 Å². The van der Waals surface area contributed by atoms with E-state index in [2.05, 4.69) is 10.1 Å². The maximum Gasteiger partial charge on any atom is 0.411 e. The first kappa shape index (κ1) is 16.3. The molecule has 1 N–H and O–H groups in total. The third-order valence-corrected chi connectivity index (χ3v) is 2.77. The molecule has 1 aromatic rings. The first-order valence-electron chi connectivity index (χ1n) is 6.02. The topological polar surface area (TPSA) is 21.3 Å². The van der Waals surface area contributed by atoms with Gasteiger partial charge in [0.15, 0.2) is 0 Å². The van der Waals surface area contributed by atoms with Crippen LogP contribution in [-0.4, -0.2) is 25.9 Å². The average Bonchev–Trinajstić information content (AvgIpc) is 2.32. The number of hydrogen-bond acceptors (Lipinski definition) is 2. The third-order valence-electron chi connectivity index (χ3n) is 2.53. The molecule has 0 bridgehead atoms. The maximum absolute atomic E-state index is 11.8. The molecular weight excluding hydrogens is 279 g/mol.